The van der Waals surface area contributed by atoms with Gasteiger partial charge in [-0.05, 0) is 19.3 Å². The molecule has 29 heavy (non-hydrogen) atoms. The van der Waals surface area contributed by atoms with Crippen molar-refractivity contribution in [2.45, 2.75) is 45.3 Å². The van der Waals surface area contributed by atoms with E-state index in [2.05, 4.69) is 15.2 Å². The van der Waals surface area contributed by atoms with Gasteiger partial charge in [-0.3, -0.25) is 9.09 Å². The molecule has 0 amide bonds. The molecular formula is C15H28NO10P3. The minimum Gasteiger partial charge on any atom is -0.392 e. The Balaban J connectivity index is 2.04. The fraction of sp³-hybridized carbons (Fsp3) is 0.733. The first-order valence-corrected chi connectivity index (χ1v) is 13.9. The molecule has 2 rings (SSSR count). The van der Waals surface area contributed by atoms with Crippen LogP contribution in [-0.2, 0) is 26.8 Å². The molecule has 1 fully saturated rings. The average Bonchev–Trinajstić information content (AvgIpc) is 2.73. The minimum absolute atomic E-state index is 0.137. The van der Waals surface area contributed by atoms with Crippen molar-refractivity contribution in [1.82, 2.24) is 4.90 Å². The molecule has 1 saturated carbocycles. The highest BCUT2D eigenvalue weighted by molar-refractivity contribution is 7.68. The van der Waals surface area contributed by atoms with E-state index in [1.54, 1.807) is 0 Å². The summed E-state index contributed by atoms with van der Waals surface area (Å²) in [6, 6.07) is -0.137. The van der Waals surface area contributed by atoms with Gasteiger partial charge in [0, 0.05) is 35.9 Å². The van der Waals surface area contributed by atoms with Gasteiger partial charge < -0.3 is 24.7 Å². The monoisotopic (exact) mass is 475 g/mol. The van der Waals surface area contributed by atoms with Gasteiger partial charge in [0.25, 0.3) is 0 Å². The van der Waals surface area contributed by atoms with Crippen LogP contribution < -0.4 is 0 Å². The van der Waals surface area contributed by atoms with Crippen LogP contribution in [0.2, 0.25) is 0 Å². The van der Waals surface area contributed by atoms with Crippen LogP contribution in [0.4, 0.5) is 0 Å². The van der Waals surface area contributed by atoms with E-state index in [0.717, 1.165) is 18.5 Å². The topological polar surface area (TPSA) is 163 Å². The maximum Gasteiger partial charge on any atom is 0.488 e. The zero-order valence-corrected chi connectivity index (χ0v) is 19.1. The van der Waals surface area contributed by atoms with Gasteiger partial charge >= 0.3 is 23.2 Å². The molecule has 0 aromatic rings. The second-order valence-corrected chi connectivity index (χ2v) is 12.9. The van der Waals surface area contributed by atoms with Crippen molar-refractivity contribution in [3.63, 3.8) is 0 Å². The van der Waals surface area contributed by atoms with E-state index in [1.807, 2.05) is 31.0 Å². The van der Waals surface area contributed by atoms with Crippen molar-refractivity contribution in [3.8, 4) is 0 Å². The fourth-order valence-electron chi connectivity index (χ4n) is 3.70. The molecule has 1 aliphatic heterocycles. The average molecular weight is 475 g/mol. The predicted molar refractivity (Wildman–Crippen MR) is 105 cm³/mol. The molecule has 11 nitrogen and oxygen atoms in total. The highest BCUT2D eigenvalue weighted by atomic mass is 31.3. The largest absolute Gasteiger partial charge is 0.488 e. The van der Waals surface area contributed by atoms with Crippen LogP contribution in [0.15, 0.2) is 24.6 Å². The third kappa shape index (κ3) is 6.58. The van der Waals surface area contributed by atoms with Crippen molar-refractivity contribution in [1.29, 1.82) is 0 Å². The van der Waals surface area contributed by atoms with Gasteiger partial charge in [0.1, 0.15) is 0 Å². The number of phosphoric ester groups is 1. The number of hydrogen-bond donors (Lipinski definition) is 4. The normalized spacial score (nSPS) is 33.1. The van der Waals surface area contributed by atoms with E-state index in [-0.39, 0.29) is 6.04 Å². The van der Waals surface area contributed by atoms with Crippen LogP contribution in [0, 0.1) is 11.3 Å². The van der Waals surface area contributed by atoms with Gasteiger partial charge in [-0.15, -0.1) is 0 Å². The molecule has 6 unspecified atom stereocenters. The van der Waals surface area contributed by atoms with Crippen molar-refractivity contribution in [3.05, 3.63) is 24.6 Å². The molecule has 4 N–H and O–H groups in total. The lowest BCUT2D eigenvalue weighted by Gasteiger charge is -2.40. The van der Waals surface area contributed by atoms with Crippen LogP contribution >= 0.6 is 23.2 Å². The summed E-state index contributed by atoms with van der Waals surface area (Å²) in [7, 11) is -14.9. The molecule has 6 atom stereocenters. The maximum atomic E-state index is 12.0. The molecule has 168 valence electrons. The smallest absolute Gasteiger partial charge is 0.392 e. The molecule has 0 spiro atoms. The SMILES string of the molecule is C=C1CCC=CN1C1CC(COP(=O)(O)OP(=O)(O)OP(C)(=O)O)C(O)C1(C)C. The van der Waals surface area contributed by atoms with Gasteiger partial charge in [-0.25, -0.2) is 13.4 Å². The Morgan fingerprint density at radius 1 is 1.21 bits per heavy atom. The van der Waals surface area contributed by atoms with Crippen LogP contribution in [0.1, 0.15) is 33.1 Å². The maximum absolute atomic E-state index is 12.0. The number of aliphatic hydroxyl groups is 1. The molecule has 2 aliphatic rings. The van der Waals surface area contributed by atoms with E-state index in [0.29, 0.717) is 13.1 Å². The van der Waals surface area contributed by atoms with Crippen LogP contribution in [0.3, 0.4) is 0 Å². The van der Waals surface area contributed by atoms with Crippen molar-refractivity contribution in [2.75, 3.05) is 13.3 Å². The number of allylic oxidation sites excluding steroid dienone is 2. The predicted octanol–water partition coefficient (Wildman–Crippen LogP) is 2.95. The lowest BCUT2D eigenvalue weighted by molar-refractivity contribution is 0.0105. The Morgan fingerprint density at radius 3 is 2.38 bits per heavy atom. The van der Waals surface area contributed by atoms with E-state index >= 15 is 0 Å². The molecule has 0 saturated heterocycles. The second kappa shape index (κ2) is 8.67. The Kier molecular flexibility index (Phi) is 7.46. The summed E-state index contributed by atoms with van der Waals surface area (Å²) in [5.74, 6) is -0.573. The highest BCUT2D eigenvalue weighted by Crippen LogP contribution is 2.66. The minimum atomic E-state index is -5.32. The first kappa shape index (κ1) is 25.0. The molecule has 0 aromatic heterocycles. The number of hydrogen-bond acceptors (Lipinski definition) is 8. The standard InChI is InChI=1S/C15H28NO10P3/c1-11-7-5-6-8-16(11)13-9-12(14(17)15(13,2)3)10-24-28(20,21)26-29(22,23)25-27(4,18)19/h6,8,12-14,17H,1,5,7,9-10H2,2-4H3,(H,18,19)(H,20,21)(H,22,23). The summed E-state index contributed by atoms with van der Waals surface area (Å²) in [5.41, 5.74) is 0.307. The summed E-state index contributed by atoms with van der Waals surface area (Å²) in [6.45, 7) is 7.95. The molecule has 1 heterocycles. The van der Waals surface area contributed by atoms with Gasteiger partial charge in [-0.2, -0.15) is 4.31 Å². The van der Waals surface area contributed by atoms with E-state index in [4.69, 9.17) is 9.42 Å². The molecule has 1 aliphatic carbocycles. The van der Waals surface area contributed by atoms with Crippen molar-refractivity contribution < 1.29 is 46.6 Å². The number of aliphatic hydroxyl groups excluding tert-OH is 1. The third-order valence-corrected chi connectivity index (χ3v) is 9.24. The summed E-state index contributed by atoms with van der Waals surface area (Å²) in [6.07, 6.45) is 5.09. The summed E-state index contributed by atoms with van der Waals surface area (Å²) < 4.78 is 47.4. The Hall–Kier alpha value is -0.310. The zero-order valence-electron chi connectivity index (χ0n) is 16.4. The molecule has 14 heteroatoms. The van der Waals surface area contributed by atoms with Crippen LogP contribution in [0.5, 0.6) is 0 Å². The lowest BCUT2D eigenvalue weighted by atomic mass is 9.83. The van der Waals surface area contributed by atoms with Gasteiger partial charge in [-0.1, -0.05) is 26.5 Å². The quantitative estimate of drug-likeness (QED) is 0.382. The van der Waals surface area contributed by atoms with Crippen LogP contribution in [0.25, 0.3) is 0 Å². The fourth-order valence-corrected chi connectivity index (χ4v) is 7.23. The molecule has 0 radical (unpaired) electrons. The first-order chi connectivity index (χ1) is 13.0. The third-order valence-electron chi connectivity index (χ3n) is 5.07. The van der Waals surface area contributed by atoms with Crippen LogP contribution in [-0.4, -0.2) is 50.1 Å². The Morgan fingerprint density at radius 2 is 1.83 bits per heavy atom. The Bertz CT molecular complexity index is 806. The summed E-state index contributed by atoms with van der Waals surface area (Å²) >= 11 is 0. The molecule has 0 bridgehead atoms. The highest BCUT2D eigenvalue weighted by Gasteiger charge is 2.51. The van der Waals surface area contributed by atoms with Gasteiger partial charge in [0.05, 0.1) is 12.7 Å². The van der Waals surface area contributed by atoms with E-state index in [1.165, 1.54) is 0 Å². The van der Waals surface area contributed by atoms with Gasteiger partial charge in [0.2, 0.25) is 0 Å². The zero-order chi connectivity index (χ0) is 22.3. The van der Waals surface area contributed by atoms with E-state index in [9.17, 15) is 28.6 Å². The summed E-state index contributed by atoms with van der Waals surface area (Å²) in [5, 5.41) is 10.7. The number of nitrogens with zero attached hydrogens (tertiary/aromatic N) is 1. The van der Waals surface area contributed by atoms with Crippen molar-refractivity contribution in [2.24, 2.45) is 11.3 Å². The first-order valence-electron chi connectivity index (χ1n) is 8.88. The lowest BCUT2D eigenvalue weighted by Crippen LogP contribution is -2.43. The molecular weight excluding hydrogens is 447 g/mol. The second-order valence-electron chi connectivity index (χ2n) is 7.87. The Labute approximate surface area is 169 Å². The molecule has 0 aromatic carbocycles. The van der Waals surface area contributed by atoms with E-state index < -0.39 is 47.3 Å². The van der Waals surface area contributed by atoms with Gasteiger partial charge in [0.15, 0.2) is 0 Å². The summed E-state index contributed by atoms with van der Waals surface area (Å²) in [4.78, 5) is 30.0. The number of rotatable bonds is 8. The van der Waals surface area contributed by atoms with Crippen molar-refractivity contribution >= 4 is 23.2 Å². The number of phosphoric acid groups is 2.